The third-order valence-corrected chi connectivity index (χ3v) is 4.29. The van der Waals surface area contributed by atoms with Gasteiger partial charge in [-0.3, -0.25) is 4.79 Å². The fourth-order valence-corrected chi connectivity index (χ4v) is 2.94. The van der Waals surface area contributed by atoms with Crippen LogP contribution in [0.5, 0.6) is 0 Å². The second-order valence-electron chi connectivity index (χ2n) is 5.52. The molecule has 1 saturated heterocycles. The number of carbonyl (C=O) groups excluding carboxylic acids is 1. The second kappa shape index (κ2) is 6.66. The number of furan rings is 1. The molecule has 25 heavy (non-hydrogen) atoms. The van der Waals surface area contributed by atoms with E-state index in [1.54, 1.807) is 23.1 Å². The van der Waals surface area contributed by atoms with Gasteiger partial charge >= 0.3 is 0 Å². The Morgan fingerprint density at radius 2 is 2.16 bits per heavy atom. The number of rotatable bonds is 3. The molecule has 1 N–H and O–H groups in total. The van der Waals surface area contributed by atoms with E-state index < -0.39 is 6.10 Å². The molecule has 0 spiro atoms. The van der Waals surface area contributed by atoms with Crippen LogP contribution in [0.4, 0.5) is 0 Å². The number of ether oxygens (including phenoxy) is 1. The molecule has 1 amide bonds. The zero-order chi connectivity index (χ0) is 17.2. The predicted octanol–water partition coefficient (Wildman–Crippen LogP) is 2.33. The summed E-state index contributed by atoms with van der Waals surface area (Å²) >= 11 is 6.18. The van der Waals surface area contributed by atoms with Crippen LogP contribution in [0.15, 0.2) is 40.8 Å². The molecule has 0 bridgehead atoms. The van der Waals surface area contributed by atoms with Crippen LogP contribution < -0.4 is 0 Å². The molecule has 9 heteroatoms. The molecule has 1 atom stereocenters. The molecule has 0 saturated carbocycles. The molecule has 0 radical (unpaired) electrons. The summed E-state index contributed by atoms with van der Waals surface area (Å²) in [5.74, 6) is 1.02. The number of carbonyl (C=O) groups is 1. The average molecular weight is 360 g/mol. The Labute approximate surface area is 147 Å². The lowest BCUT2D eigenvalue weighted by atomic mass is 10.2. The number of hydrogen-bond donors (Lipinski definition) is 1. The summed E-state index contributed by atoms with van der Waals surface area (Å²) < 4.78 is 11.3. The minimum atomic E-state index is -0.408. The normalized spacial score (nSPS) is 17.6. The van der Waals surface area contributed by atoms with Crippen molar-refractivity contribution in [1.29, 1.82) is 0 Å². The molecule has 3 heterocycles. The lowest BCUT2D eigenvalue weighted by molar-refractivity contribution is -0.0276. The van der Waals surface area contributed by atoms with Gasteiger partial charge in [0.05, 0.1) is 18.2 Å². The summed E-state index contributed by atoms with van der Waals surface area (Å²) in [5, 5.41) is 14.3. The van der Waals surface area contributed by atoms with Gasteiger partial charge in [-0.1, -0.05) is 28.9 Å². The van der Waals surface area contributed by atoms with E-state index in [4.69, 9.17) is 20.8 Å². The number of hydrogen-bond acceptors (Lipinski definition) is 6. The maximum atomic E-state index is 12.7. The van der Waals surface area contributed by atoms with Crippen molar-refractivity contribution in [3.05, 3.63) is 53.0 Å². The van der Waals surface area contributed by atoms with Gasteiger partial charge in [0.25, 0.3) is 5.91 Å². The van der Waals surface area contributed by atoms with E-state index in [9.17, 15) is 4.79 Å². The lowest BCUT2D eigenvalue weighted by Gasteiger charge is -2.30. The van der Waals surface area contributed by atoms with Crippen LogP contribution in [0.3, 0.4) is 0 Å². The van der Waals surface area contributed by atoms with Gasteiger partial charge in [0.1, 0.15) is 11.9 Å². The topological polar surface area (TPSA) is 97.1 Å². The molecule has 3 aromatic rings. The highest BCUT2D eigenvalue weighted by molar-refractivity contribution is 6.33. The first-order valence-electron chi connectivity index (χ1n) is 7.71. The van der Waals surface area contributed by atoms with Gasteiger partial charge in [-0.25, -0.2) is 0 Å². The highest BCUT2D eigenvalue weighted by Gasteiger charge is 2.30. The SMILES string of the molecule is O=C(c1ccc(-c2ccccc2Cl)o1)N1CCOC(c2nn[nH]n2)C1. The number of halogens is 1. The van der Waals surface area contributed by atoms with Crippen molar-refractivity contribution in [3.63, 3.8) is 0 Å². The zero-order valence-electron chi connectivity index (χ0n) is 13.1. The van der Waals surface area contributed by atoms with Gasteiger partial charge in [-0.15, -0.1) is 10.2 Å². The molecule has 8 nitrogen and oxygen atoms in total. The van der Waals surface area contributed by atoms with E-state index in [0.29, 0.717) is 36.3 Å². The lowest BCUT2D eigenvalue weighted by Crippen LogP contribution is -2.42. The number of aromatic nitrogens is 4. The summed E-state index contributed by atoms with van der Waals surface area (Å²) in [5.41, 5.74) is 0.745. The van der Waals surface area contributed by atoms with E-state index in [1.165, 1.54) is 0 Å². The minimum absolute atomic E-state index is 0.213. The van der Waals surface area contributed by atoms with Gasteiger partial charge in [0.15, 0.2) is 5.76 Å². The van der Waals surface area contributed by atoms with Crippen molar-refractivity contribution in [1.82, 2.24) is 25.5 Å². The number of amides is 1. The van der Waals surface area contributed by atoms with Crippen molar-refractivity contribution in [2.75, 3.05) is 19.7 Å². The molecule has 1 aliphatic heterocycles. The van der Waals surface area contributed by atoms with E-state index >= 15 is 0 Å². The monoisotopic (exact) mass is 359 g/mol. The summed E-state index contributed by atoms with van der Waals surface area (Å²) in [4.78, 5) is 14.4. The van der Waals surface area contributed by atoms with Gasteiger partial charge < -0.3 is 14.1 Å². The molecular formula is C16H14ClN5O3. The Hall–Kier alpha value is -2.71. The summed E-state index contributed by atoms with van der Waals surface area (Å²) in [7, 11) is 0. The fourth-order valence-electron chi connectivity index (χ4n) is 2.71. The third kappa shape index (κ3) is 3.13. The van der Waals surface area contributed by atoms with E-state index in [1.807, 2.05) is 18.2 Å². The van der Waals surface area contributed by atoms with Crippen molar-refractivity contribution < 1.29 is 13.9 Å². The van der Waals surface area contributed by atoms with Crippen LogP contribution in [0.1, 0.15) is 22.5 Å². The summed E-state index contributed by atoms with van der Waals surface area (Å²) in [6.07, 6.45) is -0.408. The molecule has 1 unspecified atom stereocenters. The highest BCUT2D eigenvalue weighted by Crippen LogP contribution is 2.30. The Kier molecular flexibility index (Phi) is 4.21. The zero-order valence-corrected chi connectivity index (χ0v) is 13.8. The number of tetrazole rings is 1. The maximum absolute atomic E-state index is 12.7. The summed E-state index contributed by atoms with van der Waals surface area (Å²) in [6, 6.07) is 10.7. The molecule has 1 aliphatic rings. The van der Waals surface area contributed by atoms with Crippen molar-refractivity contribution in [2.24, 2.45) is 0 Å². The number of nitrogens with zero attached hydrogens (tertiary/aromatic N) is 4. The van der Waals surface area contributed by atoms with Gasteiger partial charge in [-0.05, 0) is 24.3 Å². The minimum Gasteiger partial charge on any atom is -0.451 e. The molecule has 1 aromatic carbocycles. The van der Waals surface area contributed by atoms with Crippen LogP contribution in [0, 0.1) is 0 Å². The predicted molar refractivity (Wildman–Crippen MR) is 87.9 cm³/mol. The van der Waals surface area contributed by atoms with Crippen LogP contribution in [0.25, 0.3) is 11.3 Å². The fraction of sp³-hybridized carbons (Fsp3) is 0.250. The van der Waals surface area contributed by atoms with Crippen molar-refractivity contribution >= 4 is 17.5 Å². The number of morpholine rings is 1. The first-order valence-corrected chi connectivity index (χ1v) is 8.09. The van der Waals surface area contributed by atoms with E-state index in [-0.39, 0.29) is 11.7 Å². The van der Waals surface area contributed by atoms with Crippen molar-refractivity contribution in [2.45, 2.75) is 6.10 Å². The third-order valence-electron chi connectivity index (χ3n) is 3.96. The smallest absolute Gasteiger partial charge is 0.289 e. The molecule has 0 aliphatic carbocycles. The van der Waals surface area contributed by atoms with Gasteiger partial charge in [0, 0.05) is 12.1 Å². The summed E-state index contributed by atoms with van der Waals surface area (Å²) in [6.45, 7) is 1.19. The van der Waals surface area contributed by atoms with Crippen LogP contribution in [-0.4, -0.2) is 51.1 Å². The second-order valence-corrected chi connectivity index (χ2v) is 5.93. The molecular weight excluding hydrogens is 346 g/mol. The molecule has 1 fully saturated rings. The number of H-pyrrole nitrogens is 1. The first-order chi connectivity index (χ1) is 12.2. The average Bonchev–Trinajstić information content (AvgIpc) is 3.34. The molecule has 128 valence electrons. The number of aromatic amines is 1. The van der Waals surface area contributed by atoms with Crippen LogP contribution >= 0.6 is 11.6 Å². The van der Waals surface area contributed by atoms with Crippen molar-refractivity contribution in [3.8, 4) is 11.3 Å². The largest absolute Gasteiger partial charge is 0.451 e. The van der Waals surface area contributed by atoms with E-state index in [0.717, 1.165) is 5.56 Å². The standard InChI is InChI=1S/C16H14ClN5O3/c17-11-4-2-1-3-10(11)12-5-6-13(25-12)16(23)22-7-8-24-14(9-22)15-18-20-21-19-15/h1-6,14H,7-9H2,(H,18,19,20,21). The quantitative estimate of drug-likeness (QED) is 0.770. The Bertz CT molecular complexity index is 880. The molecule has 4 rings (SSSR count). The van der Waals surface area contributed by atoms with E-state index in [2.05, 4.69) is 20.6 Å². The van der Waals surface area contributed by atoms with Gasteiger partial charge in [0.2, 0.25) is 5.82 Å². The van der Waals surface area contributed by atoms with Crippen LogP contribution in [0.2, 0.25) is 5.02 Å². The van der Waals surface area contributed by atoms with Gasteiger partial charge in [-0.2, -0.15) is 5.21 Å². The number of benzene rings is 1. The number of nitrogens with one attached hydrogen (secondary N) is 1. The Morgan fingerprint density at radius 1 is 1.28 bits per heavy atom. The Balaban J connectivity index is 1.52. The Morgan fingerprint density at radius 3 is 2.96 bits per heavy atom. The first kappa shape index (κ1) is 15.8. The molecule has 2 aromatic heterocycles. The maximum Gasteiger partial charge on any atom is 0.289 e. The highest BCUT2D eigenvalue weighted by atomic mass is 35.5. The van der Waals surface area contributed by atoms with Crippen LogP contribution in [-0.2, 0) is 4.74 Å².